The Morgan fingerprint density at radius 3 is 2.67 bits per heavy atom. The SMILES string of the molecule is CCCCOc1ccc(C(Cc2nc(C)cs2)NN)cc1. The summed E-state index contributed by atoms with van der Waals surface area (Å²) in [5, 5.41) is 3.16. The Hall–Kier alpha value is -1.43. The van der Waals surface area contributed by atoms with Gasteiger partial charge in [-0.15, -0.1) is 11.3 Å². The minimum absolute atomic E-state index is 0.0697. The van der Waals surface area contributed by atoms with Crippen molar-refractivity contribution in [3.05, 3.63) is 45.9 Å². The summed E-state index contributed by atoms with van der Waals surface area (Å²) in [7, 11) is 0. The predicted molar refractivity (Wildman–Crippen MR) is 87.5 cm³/mol. The molecule has 114 valence electrons. The third kappa shape index (κ3) is 4.81. The fraction of sp³-hybridized carbons (Fsp3) is 0.438. The average molecular weight is 305 g/mol. The lowest BCUT2D eigenvalue weighted by Crippen LogP contribution is -2.29. The van der Waals surface area contributed by atoms with Crippen LogP contribution in [-0.4, -0.2) is 11.6 Å². The Morgan fingerprint density at radius 2 is 2.10 bits per heavy atom. The van der Waals surface area contributed by atoms with Gasteiger partial charge in [-0.25, -0.2) is 4.98 Å². The minimum atomic E-state index is 0.0697. The standard InChI is InChI=1S/C16H23N3OS/c1-3-4-9-20-14-7-5-13(6-8-14)15(19-17)10-16-18-12(2)11-21-16/h5-8,11,15,19H,3-4,9-10,17H2,1-2H3. The molecule has 1 atom stereocenters. The Morgan fingerprint density at radius 1 is 1.33 bits per heavy atom. The molecular weight excluding hydrogens is 282 g/mol. The molecule has 2 rings (SSSR count). The van der Waals surface area contributed by atoms with Crippen molar-refractivity contribution in [2.75, 3.05) is 6.61 Å². The van der Waals surface area contributed by atoms with Gasteiger partial charge >= 0.3 is 0 Å². The van der Waals surface area contributed by atoms with Crippen LogP contribution in [0.4, 0.5) is 0 Å². The van der Waals surface area contributed by atoms with Crippen LogP contribution in [0.15, 0.2) is 29.6 Å². The van der Waals surface area contributed by atoms with Gasteiger partial charge in [0, 0.05) is 17.5 Å². The number of unbranched alkanes of at least 4 members (excludes halogenated alkanes) is 1. The van der Waals surface area contributed by atoms with Crippen molar-refractivity contribution in [2.45, 2.75) is 39.2 Å². The highest BCUT2D eigenvalue weighted by molar-refractivity contribution is 7.09. The number of nitrogens with one attached hydrogen (secondary N) is 1. The first-order chi connectivity index (χ1) is 10.2. The number of aryl methyl sites for hydroxylation is 1. The normalized spacial score (nSPS) is 12.3. The zero-order chi connectivity index (χ0) is 15.1. The molecule has 0 aliphatic carbocycles. The van der Waals surface area contributed by atoms with Crippen molar-refractivity contribution >= 4 is 11.3 Å². The summed E-state index contributed by atoms with van der Waals surface area (Å²) < 4.78 is 5.67. The van der Waals surface area contributed by atoms with Crippen LogP contribution >= 0.6 is 11.3 Å². The van der Waals surface area contributed by atoms with Crippen LogP contribution in [0, 0.1) is 6.92 Å². The number of aromatic nitrogens is 1. The van der Waals surface area contributed by atoms with Gasteiger partial charge < -0.3 is 4.74 Å². The van der Waals surface area contributed by atoms with Gasteiger partial charge in [0.05, 0.1) is 17.7 Å². The summed E-state index contributed by atoms with van der Waals surface area (Å²) >= 11 is 1.67. The van der Waals surface area contributed by atoms with Crippen LogP contribution in [0.2, 0.25) is 0 Å². The van der Waals surface area contributed by atoms with Crippen molar-refractivity contribution in [3.8, 4) is 5.75 Å². The molecule has 3 N–H and O–H groups in total. The van der Waals surface area contributed by atoms with Crippen molar-refractivity contribution in [1.29, 1.82) is 0 Å². The van der Waals surface area contributed by atoms with E-state index in [-0.39, 0.29) is 6.04 Å². The van der Waals surface area contributed by atoms with Crippen LogP contribution in [0.5, 0.6) is 5.75 Å². The monoisotopic (exact) mass is 305 g/mol. The van der Waals surface area contributed by atoms with Gasteiger partial charge in [0.15, 0.2) is 0 Å². The van der Waals surface area contributed by atoms with Gasteiger partial charge in [-0.3, -0.25) is 11.3 Å². The number of ether oxygens (including phenoxy) is 1. The molecule has 1 unspecified atom stereocenters. The summed E-state index contributed by atoms with van der Waals surface area (Å²) in [4.78, 5) is 4.49. The molecule has 21 heavy (non-hydrogen) atoms. The van der Waals surface area contributed by atoms with Crippen molar-refractivity contribution in [2.24, 2.45) is 5.84 Å². The van der Waals surface area contributed by atoms with E-state index in [9.17, 15) is 0 Å². The van der Waals surface area contributed by atoms with Crippen LogP contribution in [0.3, 0.4) is 0 Å². The topological polar surface area (TPSA) is 60.2 Å². The van der Waals surface area contributed by atoms with E-state index < -0.39 is 0 Å². The Balaban J connectivity index is 1.98. The number of hydrogen-bond donors (Lipinski definition) is 2. The molecule has 0 saturated carbocycles. The summed E-state index contributed by atoms with van der Waals surface area (Å²) in [6.07, 6.45) is 3.02. The minimum Gasteiger partial charge on any atom is -0.494 e. The lowest BCUT2D eigenvalue weighted by molar-refractivity contribution is 0.309. The van der Waals surface area contributed by atoms with Crippen LogP contribution in [0.25, 0.3) is 0 Å². The van der Waals surface area contributed by atoms with E-state index in [2.05, 4.69) is 34.8 Å². The zero-order valence-corrected chi connectivity index (χ0v) is 13.5. The van der Waals surface area contributed by atoms with Gasteiger partial charge in [0.1, 0.15) is 5.75 Å². The van der Waals surface area contributed by atoms with Crippen molar-refractivity contribution in [1.82, 2.24) is 10.4 Å². The van der Waals surface area contributed by atoms with E-state index in [4.69, 9.17) is 10.6 Å². The highest BCUT2D eigenvalue weighted by atomic mass is 32.1. The largest absolute Gasteiger partial charge is 0.494 e. The maximum absolute atomic E-state index is 5.69. The third-order valence-electron chi connectivity index (χ3n) is 3.30. The number of benzene rings is 1. The lowest BCUT2D eigenvalue weighted by Gasteiger charge is -2.15. The number of rotatable bonds is 8. The Kier molecular flexibility index (Phi) is 6.17. The van der Waals surface area contributed by atoms with E-state index in [0.29, 0.717) is 0 Å². The molecule has 0 saturated heterocycles. The summed E-state index contributed by atoms with van der Waals surface area (Å²) in [6.45, 7) is 4.93. The number of thiazole rings is 1. The van der Waals surface area contributed by atoms with Gasteiger partial charge in [-0.05, 0) is 31.0 Å². The molecule has 1 aromatic heterocycles. The van der Waals surface area contributed by atoms with Gasteiger partial charge in [0.25, 0.3) is 0 Å². The highest BCUT2D eigenvalue weighted by Crippen LogP contribution is 2.22. The second kappa shape index (κ2) is 8.12. The van der Waals surface area contributed by atoms with Crippen LogP contribution in [0.1, 0.15) is 42.1 Å². The van der Waals surface area contributed by atoms with E-state index in [0.717, 1.165) is 47.9 Å². The molecule has 0 amide bonds. The number of nitrogens with zero attached hydrogens (tertiary/aromatic N) is 1. The van der Waals surface area contributed by atoms with Crippen LogP contribution < -0.4 is 16.0 Å². The van der Waals surface area contributed by atoms with E-state index in [1.165, 1.54) is 0 Å². The second-order valence-corrected chi connectivity index (χ2v) is 6.02. The van der Waals surface area contributed by atoms with Crippen LogP contribution in [-0.2, 0) is 6.42 Å². The summed E-state index contributed by atoms with van der Waals surface area (Å²) in [5.74, 6) is 6.60. The number of hydrogen-bond acceptors (Lipinski definition) is 5. The zero-order valence-electron chi connectivity index (χ0n) is 12.6. The van der Waals surface area contributed by atoms with Gasteiger partial charge in [0.2, 0.25) is 0 Å². The molecule has 5 heteroatoms. The molecule has 0 bridgehead atoms. The summed E-state index contributed by atoms with van der Waals surface area (Å²) in [5.41, 5.74) is 5.08. The lowest BCUT2D eigenvalue weighted by atomic mass is 10.0. The fourth-order valence-corrected chi connectivity index (χ4v) is 2.89. The van der Waals surface area contributed by atoms with Crippen molar-refractivity contribution in [3.63, 3.8) is 0 Å². The highest BCUT2D eigenvalue weighted by Gasteiger charge is 2.12. The molecule has 2 aromatic rings. The molecule has 0 aliphatic rings. The van der Waals surface area contributed by atoms with Crippen molar-refractivity contribution < 1.29 is 4.74 Å². The molecule has 1 aromatic carbocycles. The summed E-state index contributed by atoms with van der Waals surface area (Å²) in [6, 6.07) is 8.20. The molecule has 0 radical (unpaired) electrons. The first-order valence-electron chi connectivity index (χ1n) is 7.32. The molecule has 0 fully saturated rings. The number of hydrazine groups is 1. The maximum atomic E-state index is 5.69. The quantitative estimate of drug-likeness (QED) is 0.446. The molecular formula is C16H23N3OS. The first-order valence-corrected chi connectivity index (χ1v) is 8.20. The van der Waals surface area contributed by atoms with E-state index in [1.54, 1.807) is 11.3 Å². The second-order valence-electron chi connectivity index (χ2n) is 5.08. The molecule has 0 spiro atoms. The Labute approximate surface area is 130 Å². The third-order valence-corrected chi connectivity index (χ3v) is 4.28. The maximum Gasteiger partial charge on any atom is 0.119 e. The smallest absolute Gasteiger partial charge is 0.119 e. The predicted octanol–water partition coefficient (Wildman–Crippen LogP) is 3.38. The van der Waals surface area contributed by atoms with E-state index in [1.807, 2.05) is 19.1 Å². The Bertz CT molecular complexity index is 539. The average Bonchev–Trinajstić information content (AvgIpc) is 2.91. The first kappa shape index (κ1) is 15.9. The van der Waals surface area contributed by atoms with Gasteiger partial charge in [-0.2, -0.15) is 0 Å². The molecule has 4 nitrogen and oxygen atoms in total. The van der Waals surface area contributed by atoms with E-state index >= 15 is 0 Å². The number of nitrogens with two attached hydrogens (primary N) is 1. The molecule has 1 heterocycles. The van der Waals surface area contributed by atoms with Gasteiger partial charge in [-0.1, -0.05) is 25.5 Å². The fourth-order valence-electron chi connectivity index (χ4n) is 2.07. The molecule has 0 aliphatic heterocycles.